The third-order valence-corrected chi connectivity index (χ3v) is 4.11. The van der Waals surface area contributed by atoms with E-state index in [0.29, 0.717) is 17.8 Å². The van der Waals surface area contributed by atoms with E-state index in [1.54, 1.807) is 0 Å². The summed E-state index contributed by atoms with van der Waals surface area (Å²) in [5.74, 6) is 1.16. The molecule has 0 amide bonds. The van der Waals surface area contributed by atoms with Gasteiger partial charge < -0.3 is 10.4 Å². The van der Waals surface area contributed by atoms with Gasteiger partial charge in [0.2, 0.25) is 0 Å². The monoisotopic (exact) mass is 261 g/mol. The number of fused-ring (bicyclic) bond motifs is 1. The zero-order chi connectivity index (χ0) is 13.8. The fourth-order valence-corrected chi connectivity index (χ4v) is 2.97. The highest BCUT2D eigenvalue weighted by Gasteiger charge is 2.21. The normalized spacial score (nSPS) is 20.3. The number of hydrogen-bond donors (Lipinski definition) is 2. The number of phenolic OH excluding ortho intramolecular Hbond substituents is 1. The lowest BCUT2D eigenvalue weighted by molar-refractivity contribution is 0.373. The molecule has 19 heavy (non-hydrogen) atoms. The van der Waals surface area contributed by atoms with Crippen molar-refractivity contribution >= 4 is 0 Å². The molecule has 0 heterocycles. The molecule has 2 rings (SSSR count). The van der Waals surface area contributed by atoms with Gasteiger partial charge in [0, 0.05) is 12.1 Å². The Kier molecular flexibility index (Phi) is 4.87. The van der Waals surface area contributed by atoms with E-state index in [4.69, 9.17) is 0 Å². The van der Waals surface area contributed by atoms with Crippen molar-refractivity contribution in [2.75, 3.05) is 0 Å². The van der Waals surface area contributed by atoms with Crippen LogP contribution in [0.15, 0.2) is 18.2 Å². The summed E-state index contributed by atoms with van der Waals surface area (Å²) < 4.78 is 0. The van der Waals surface area contributed by atoms with Gasteiger partial charge in [-0.25, -0.2) is 0 Å². The van der Waals surface area contributed by atoms with E-state index in [0.717, 1.165) is 12.3 Å². The van der Waals surface area contributed by atoms with Crippen LogP contribution in [-0.4, -0.2) is 11.1 Å². The predicted molar refractivity (Wildman–Crippen MR) is 80.5 cm³/mol. The van der Waals surface area contributed by atoms with E-state index in [1.165, 1.54) is 36.8 Å². The summed E-state index contributed by atoms with van der Waals surface area (Å²) in [5, 5.41) is 13.4. The smallest absolute Gasteiger partial charge is 0.115 e. The van der Waals surface area contributed by atoms with Gasteiger partial charge >= 0.3 is 0 Å². The van der Waals surface area contributed by atoms with E-state index < -0.39 is 0 Å². The molecule has 1 aromatic rings. The first-order chi connectivity index (χ1) is 9.06. The second kappa shape index (κ2) is 6.42. The van der Waals surface area contributed by atoms with Crippen LogP contribution in [0, 0.1) is 5.92 Å². The van der Waals surface area contributed by atoms with Crippen LogP contribution in [0.4, 0.5) is 0 Å². The zero-order valence-electron chi connectivity index (χ0n) is 12.4. The molecule has 1 aliphatic rings. The maximum Gasteiger partial charge on any atom is 0.115 e. The van der Waals surface area contributed by atoms with Crippen LogP contribution in [0.3, 0.4) is 0 Å². The van der Waals surface area contributed by atoms with Crippen LogP contribution in [0.5, 0.6) is 5.75 Å². The van der Waals surface area contributed by atoms with E-state index in [1.807, 2.05) is 12.1 Å². The fourth-order valence-electron chi connectivity index (χ4n) is 2.97. The molecule has 1 aliphatic carbocycles. The summed E-state index contributed by atoms with van der Waals surface area (Å²) in [6, 6.07) is 6.79. The maximum absolute atomic E-state index is 9.69. The van der Waals surface area contributed by atoms with Gasteiger partial charge in [-0.15, -0.1) is 0 Å². The highest BCUT2D eigenvalue weighted by molar-refractivity contribution is 5.38. The first-order valence-corrected chi connectivity index (χ1v) is 7.64. The molecule has 2 N–H and O–H groups in total. The standard InChI is InChI=1S/C17H27NO/c1-12(2)7-8-13(3)18-17-6-4-5-14-9-10-15(19)11-16(14)17/h9-13,17-19H,4-8H2,1-3H3. The van der Waals surface area contributed by atoms with Crippen molar-refractivity contribution in [3.63, 3.8) is 0 Å². The van der Waals surface area contributed by atoms with Crippen molar-refractivity contribution in [3.05, 3.63) is 29.3 Å². The van der Waals surface area contributed by atoms with Gasteiger partial charge in [-0.3, -0.25) is 0 Å². The molecule has 0 fully saturated rings. The van der Waals surface area contributed by atoms with E-state index in [2.05, 4.69) is 32.2 Å². The second-order valence-electron chi connectivity index (χ2n) is 6.37. The molecule has 2 heteroatoms. The third-order valence-electron chi connectivity index (χ3n) is 4.11. The Morgan fingerprint density at radius 1 is 1.26 bits per heavy atom. The minimum atomic E-state index is 0.391. The second-order valence-corrected chi connectivity index (χ2v) is 6.37. The molecule has 0 aliphatic heterocycles. The first kappa shape index (κ1) is 14.4. The molecular formula is C17H27NO. The van der Waals surface area contributed by atoms with E-state index in [-0.39, 0.29) is 0 Å². The van der Waals surface area contributed by atoms with Gasteiger partial charge in [0.05, 0.1) is 0 Å². The average Bonchev–Trinajstić information content (AvgIpc) is 2.37. The third kappa shape index (κ3) is 3.97. The first-order valence-electron chi connectivity index (χ1n) is 7.64. The zero-order valence-corrected chi connectivity index (χ0v) is 12.4. The van der Waals surface area contributed by atoms with Gasteiger partial charge in [-0.2, -0.15) is 0 Å². The van der Waals surface area contributed by atoms with Gasteiger partial charge in [0.1, 0.15) is 5.75 Å². The number of hydrogen-bond acceptors (Lipinski definition) is 2. The van der Waals surface area contributed by atoms with Crippen molar-refractivity contribution < 1.29 is 5.11 Å². The minimum Gasteiger partial charge on any atom is -0.508 e. The SMILES string of the molecule is CC(C)CCC(C)NC1CCCc2ccc(O)cc21. The number of phenols is 1. The summed E-state index contributed by atoms with van der Waals surface area (Å²) in [6.45, 7) is 6.83. The van der Waals surface area contributed by atoms with E-state index >= 15 is 0 Å². The Morgan fingerprint density at radius 2 is 2.05 bits per heavy atom. The Hall–Kier alpha value is -1.02. The molecule has 0 radical (unpaired) electrons. The summed E-state index contributed by atoms with van der Waals surface area (Å²) in [4.78, 5) is 0. The molecule has 0 saturated carbocycles. The topological polar surface area (TPSA) is 32.3 Å². The Bertz CT molecular complexity index is 414. The van der Waals surface area contributed by atoms with Crippen LogP contribution >= 0.6 is 0 Å². The molecule has 0 spiro atoms. The Labute approximate surface area is 117 Å². The summed E-state index contributed by atoms with van der Waals surface area (Å²) in [5.41, 5.74) is 2.71. The van der Waals surface area contributed by atoms with Crippen molar-refractivity contribution in [1.82, 2.24) is 5.32 Å². The minimum absolute atomic E-state index is 0.391. The highest BCUT2D eigenvalue weighted by atomic mass is 16.3. The predicted octanol–water partition coefficient (Wildman–Crippen LogP) is 4.18. The van der Waals surface area contributed by atoms with E-state index in [9.17, 15) is 5.11 Å². The van der Waals surface area contributed by atoms with Gasteiger partial charge in [0.25, 0.3) is 0 Å². The lowest BCUT2D eigenvalue weighted by Gasteiger charge is -2.29. The van der Waals surface area contributed by atoms with Gasteiger partial charge in [-0.05, 0) is 68.2 Å². The summed E-state index contributed by atoms with van der Waals surface area (Å²) in [7, 11) is 0. The molecule has 2 unspecified atom stereocenters. The molecule has 2 nitrogen and oxygen atoms in total. The number of benzene rings is 1. The molecule has 0 bridgehead atoms. The number of aryl methyl sites for hydroxylation is 1. The van der Waals surface area contributed by atoms with Crippen LogP contribution in [0.1, 0.15) is 63.6 Å². The van der Waals surface area contributed by atoms with Gasteiger partial charge in [-0.1, -0.05) is 19.9 Å². The number of rotatable bonds is 5. The van der Waals surface area contributed by atoms with Gasteiger partial charge in [0.15, 0.2) is 0 Å². The lowest BCUT2D eigenvalue weighted by atomic mass is 9.87. The molecule has 1 aromatic carbocycles. The molecule has 0 saturated heterocycles. The highest BCUT2D eigenvalue weighted by Crippen LogP contribution is 2.32. The Balaban J connectivity index is 2.00. The average molecular weight is 261 g/mol. The van der Waals surface area contributed by atoms with Crippen LogP contribution in [-0.2, 0) is 6.42 Å². The quantitative estimate of drug-likeness (QED) is 0.833. The maximum atomic E-state index is 9.69. The van der Waals surface area contributed by atoms with Crippen LogP contribution in [0.2, 0.25) is 0 Å². The van der Waals surface area contributed by atoms with Crippen molar-refractivity contribution in [1.29, 1.82) is 0 Å². The molecule has 0 aromatic heterocycles. The lowest BCUT2D eigenvalue weighted by Crippen LogP contribution is -2.32. The largest absolute Gasteiger partial charge is 0.508 e. The fraction of sp³-hybridized carbons (Fsp3) is 0.647. The summed E-state index contributed by atoms with van der Waals surface area (Å²) in [6.07, 6.45) is 6.07. The molecule has 2 atom stereocenters. The van der Waals surface area contributed by atoms with Crippen molar-refractivity contribution in [3.8, 4) is 5.75 Å². The van der Waals surface area contributed by atoms with Crippen LogP contribution < -0.4 is 5.32 Å². The molecule has 106 valence electrons. The van der Waals surface area contributed by atoms with Crippen molar-refractivity contribution in [2.24, 2.45) is 5.92 Å². The number of nitrogens with one attached hydrogen (secondary N) is 1. The summed E-state index contributed by atoms with van der Waals surface area (Å²) >= 11 is 0. The van der Waals surface area contributed by atoms with Crippen molar-refractivity contribution in [2.45, 2.75) is 65.0 Å². The van der Waals surface area contributed by atoms with Crippen LogP contribution in [0.25, 0.3) is 0 Å². The number of aromatic hydroxyl groups is 1. The molecular weight excluding hydrogens is 234 g/mol. The Morgan fingerprint density at radius 3 is 2.79 bits per heavy atom.